The number of aromatic amines is 1. The summed E-state index contributed by atoms with van der Waals surface area (Å²) in [6, 6.07) is 10.2. The van der Waals surface area contributed by atoms with Crippen molar-refractivity contribution in [2.24, 2.45) is 7.05 Å². The first kappa shape index (κ1) is 12.8. The Morgan fingerprint density at radius 2 is 2.05 bits per heavy atom. The molecule has 0 bridgehead atoms. The summed E-state index contributed by atoms with van der Waals surface area (Å²) in [4.78, 5) is 7.35. The quantitative estimate of drug-likeness (QED) is 0.750. The second-order valence-corrected chi connectivity index (χ2v) is 4.97. The molecular formula is C14H15N5S. The van der Waals surface area contributed by atoms with E-state index in [0.717, 1.165) is 34.8 Å². The van der Waals surface area contributed by atoms with Gasteiger partial charge < -0.3 is 9.55 Å². The summed E-state index contributed by atoms with van der Waals surface area (Å²) in [5.41, 5.74) is 2.24. The lowest BCUT2D eigenvalue weighted by atomic mass is 10.2. The number of nitrogens with zero attached hydrogens (tertiary/aromatic N) is 4. The van der Waals surface area contributed by atoms with Crippen LogP contribution < -0.4 is 0 Å². The van der Waals surface area contributed by atoms with E-state index in [-0.39, 0.29) is 0 Å². The van der Waals surface area contributed by atoms with Crippen molar-refractivity contribution in [3.8, 4) is 11.3 Å². The van der Waals surface area contributed by atoms with Crippen molar-refractivity contribution in [1.82, 2.24) is 24.3 Å². The third-order valence-corrected chi connectivity index (χ3v) is 3.48. The summed E-state index contributed by atoms with van der Waals surface area (Å²) in [6.45, 7) is 0.760. The zero-order valence-corrected chi connectivity index (χ0v) is 12.0. The molecule has 2 aromatic heterocycles. The fourth-order valence-electron chi connectivity index (χ4n) is 2.18. The van der Waals surface area contributed by atoms with Gasteiger partial charge in [0, 0.05) is 26.2 Å². The maximum atomic E-state index is 5.35. The molecule has 0 saturated carbocycles. The Morgan fingerprint density at radius 3 is 2.75 bits per heavy atom. The molecule has 1 aromatic carbocycles. The summed E-state index contributed by atoms with van der Waals surface area (Å²) in [6.07, 6.45) is 4.42. The zero-order valence-electron chi connectivity index (χ0n) is 11.2. The van der Waals surface area contributed by atoms with Crippen molar-refractivity contribution in [3.05, 3.63) is 53.5 Å². The van der Waals surface area contributed by atoms with Gasteiger partial charge in [-0.05, 0) is 17.8 Å². The fourth-order valence-corrected chi connectivity index (χ4v) is 2.42. The van der Waals surface area contributed by atoms with Crippen LogP contribution in [0.3, 0.4) is 0 Å². The van der Waals surface area contributed by atoms with Crippen molar-refractivity contribution < 1.29 is 0 Å². The summed E-state index contributed by atoms with van der Waals surface area (Å²) in [7, 11) is 1.87. The standard InChI is InChI=1S/C14H15N5S/c1-18-10-16-13(17-18)7-8-19-12(9-15-14(19)20)11-5-3-2-4-6-11/h2-6,9-10H,7-8H2,1H3,(H,15,20). The first-order valence-electron chi connectivity index (χ1n) is 6.42. The maximum absolute atomic E-state index is 5.35. The van der Waals surface area contributed by atoms with Gasteiger partial charge in [0.25, 0.3) is 0 Å². The first-order chi connectivity index (χ1) is 9.74. The lowest BCUT2D eigenvalue weighted by Crippen LogP contribution is -2.05. The van der Waals surface area contributed by atoms with Crippen LogP contribution in [0.1, 0.15) is 5.82 Å². The number of H-pyrrole nitrogens is 1. The molecule has 0 unspecified atom stereocenters. The highest BCUT2D eigenvalue weighted by atomic mass is 32.1. The molecule has 1 N–H and O–H groups in total. The molecule has 0 radical (unpaired) electrons. The van der Waals surface area contributed by atoms with Crippen LogP contribution in [-0.4, -0.2) is 24.3 Å². The normalized spacial score (nSPS) is 10.8. The van der Waals surface area contributed by atoms with Gasteiger partial charge in [0.15, 0.2) is 10.6 Å². The predicted molar refractivity (Wildman–Crippen MR) is 79.8 cm³/mol. The molecule has 0 aliphatic carbocycles. The van der Waals surface area contributed by atoms with Crippen molar-refractivity contribution in [2.75, 3.05) is 0 Å². The number of benzene rings is 1. The van der Waals surface area contributed by atoms with Gasteiger partial charge in [-0.1, -0.05) is 30.3 Å². The molecule has 0 atom stereocenters. The third-order valence-electron chi connectivity index (χ3n) is 3.14. The Bertz CT molecular complexity index is 753. The van der Waals surface area contributed by atoms with E-state index in [4.69, 9.17) is 12.2 Å². The van der Waals surface area contributed by atoms with Gasteiger partial charge in [-0.2, -0.15) is 5.10 Å². The summed E-state index contributed by atoms with van der Waals surface area (Å²) in [5, 5.41) is 4.29. The molecule has 6 heteroatoms. The highest BCUT2D eigenvalue weighted by molar-refractivity contribution is 7.71. The topological polar surface area (TPSA) is 51.4 Å². The molecule has 0 amide bonds. The first-order valence-corrected chi connectivity index (χ1v) is 6.83. The summed E-state index contributed by atoms with van der Waals surface area (Å²) in [5.74, 6) is 0.828. The highest BCUT2D eigenvalue weighted by Gasteiger charge is 2.07. The van der Waals surface area contributed by atoms with E-state index >= 15 is 0 Å². The number of aromatic nitrogens is 5. The summed E-state index contributed by atoms with van der Waals surface area (Å²) < 4.78 is 4.52. The van der Waals surface area contributed by atoms with E-state index < -0.39 is 0 Å². The molecule has 0 saturated heterocycles. The number of hydrogen-bond donors (Lipinski definition) is 1. The van der Waals surface area contributed by atoms with Gasteiger partial charge in [-0.25, -0.2) is 4.98 Å². The Labute approximate surface area is 121 Å². The van der Waals surface area contributed by atoms with Gasteiger partial charge in [0.05, 0.1) is 5.69 Å². The average molecular weight is 285 g/mol. The van der Waals surface area contributed by atoms with Crippen molar-refractivity contribution >= 4 is 12.2 Å². The molecule has 20 heavy (non-hydrogen) atoms. The maximum Gasteiger partial charge on any atom is 0.177 e. The molecule has 3 rings (SSSR count). The van der Waals surface area contributed by atoms with Gasteiger partial charge in [0.2, 0.25) is 0 Å². The number of nitrogens with one attached hydrogen (secondary N) is 1. The average Bonchev–Trinajstić information content (AvgIpc) is 3.04. The largest absolute Gasteiger partial charge is 0.337 e. The predicted octanol–water partition coefficient (Wildman–Crippen LogP) is 2.58. The zero-order chi connectivity index (χ0) is 13.9. The minimum atomic E-state index is 0.722. The monoisotopic (exact) mass is 285 g/mol. The lowest BCUT2D eigenvalue weighted by Gasteiger charge is -2.07. The van der Waals surface area contributed by atoms with E-state index in [0.29, 0.717) is 0 Å². The fraction of sp³-hybridized carbons (Fsp3) is 0.214. The minimum Gasteiger partial charge on any atom is -0.337 e. The second-order valence-electron chi connectivity index (χ2n) is 4.58. The van der Waals surface area contributed by atoms with Crippen LogP contribution in [0.15, 0.2) is 42.9 Å². The van der Waals surface area contributed by atoms with E-state index in [1.807, 2.05) is 31.4 Å². The Hall–Kier alpha value is -2.21. The molecule has 102 valence electrons. The van der Waals surface area contributed by atoms with Gasteiger partial charge in [-0.3, -0.25) is 4.68 Å². The third kappa shape index (κ3) is 2.55. The Balaban J connectivity index is 1.86. The Kier molecular flexibility index (Phi) is 3.47. The molecule has 2 heterocycles. The molecule has 0 aliphatic heterocycles. The van der Waals surface area contributed by atoms with Crippen LogP contribution in [-0.2, 0) is 20.0 Å². The van der Waals surface area contributed by atoms with Crippen LogP contribution in [0.2, 0.25) is 0 Å². The van der Waals surface area contributed by atoms with Crippen LogP contribution >= 0.6 is 12.2 Å². The smallest absolute Gasteiger partial charge is 0.177 e. The number of imidazole rings is 1. The van der Waals surface area contributed by atoms with Crippen LogP contribution in [0.5, 0.6) is 0 Å². The van der Waals surface area contributed by atoms with Crippen molar-refractivity contribution in [2.45, 2.75) is 13.0 Å². The molecule has 5 nitrogen and oxygen atoms in total. The number of rotatable bonds is 4. The van der Waals surface area contributed by atoms with Crippen LogP contribution in [0.4, 0.5) is 0 Å². The van der Waals surface area contributed by atoms with E-state index in [2.05, 4.69) is 31.8 Å². The molecule has 3 aromatic rings. The van der Waals surface area contributed by atoms with Crippen LogP contribution in [0, 0.1) is 4.77 Å². The van der Waals surface area contributed by atoms with E-state index in [1.54, 1.807) is 11.0 Å². The minimum absolute atomic E-state index is 0.722. The molecule has 0 spiro atoms. The van der Waals surface area contributed by atoms with Crippen molar-refractivity contribution in [1.29, 1.82) is 0 Å². The highest BCUT2D eigenvalue weighted by Crippen LogP contribution is 2.19. The second kappa shape index (κ2) is 5.42. The number of hydrogen-bond acceptors (Lipinski definition) is 3. The lowest BCUT2D eigenvalue weighted by molar-refractivity contribution is 0.656. The molecular weight excluding hydrogens is 270 g/mol. The van der Waals surface area contributed by atoms with Gasteiger partial charge in [-0.15, -0.1) is 0 Å². The number of aryl methyl sites for hydroxylation is 2. The molecule has 0 fully saturated rings. The van der Waals surface area contributed by atoms with E-state index in [1.165, 1.54) is 0 Å². The van der Waals surface area contributed by atoms with E-state index in [9.17, 15) is 0 Å². The van der Waals surface area contributed by atoms with Gasteiger partial charge in [0.1, 0.15) is 6.33 Å². The SMILES string of the molecule is Cn1cnc(CCn2c(-c3ccccc3)c[nH]c2=S)n1. The van der Waals surface area contributed by atoms with Gasteiger partial charge >= 0.3 is 0 Å². The Morgan fingerprint density at radius 1 is 1.25 bits per heavy atom. The molecule has 0 aliphatic rings. The van der Waals surface area contributed by atoms with Crippen LogP contribution in [0.25, 0.3) is 11.3 Å². The van der Waals surface area contributed by atoms with Crippen molar-refractivity contribution in [3.63, 3.8) is 0 Å². The summed E-state index contributed by atoms with van der Waals surface area (Å²) >= 11 is 5.35.